The summed E-state index contributed by atoms with van der Waals surface area (Å²) in [6, 6.07) is 5.25. The molecule has 0 N–H and O–H groups in total. The molecule has 4 nitrogen and oxygen atoms in total. The normalized spacial score (nSPS) is 11.9. The molecular weight excluding hydrogens is 220 g/mol. The molecule has 0 aliphatic heterocycles. The lowest BCUT2D eigenvalue weighted by atomic mass is 10.2. The molecule has 1 aromatic carbocycles. The van der Waals surface area contributed by atoms with E-state index in [4.69, 9.17) is 14.2 Å². The van der Waals surface area contributed by atoms with E-state index in [-0.39, 0.29) is 6.10 Å². The SMILES string of the molecule is CCOc1cccc(C=O)c1OC(C)COC. The molecule has 0 aliphatic carbocycles. The molecule has 0 fully saturated rings. The van der Waals surface area contributed by atoms with Crippen LogP contribution in [0.25, 0.3) is 0 Å². The molecule has 0 aliphatic rings. The van der Waals surface area contributed by atoms with E-state index in [1.807, 2.05) is 13.8 Å². The van der Waals surface area contributed by atoms with E-state index >= 15 is 0 Å². The van der Waals surface area contributed by atoms with E-state index in [0.29, 0.717) is 30.3 Å². The maximum Gasteiger partial charge on any atom is 0.172 e. The van der Waals surface area contributed by atoms with Gasteiger partial charge in [0.05, 0.1) is 18.8 Å². The quantitative estimate of drug-likeness (QED) is 0.684. The molecule has 0 saturated carbocycles. The van der Waals surface area contributed by atoms with Gasteiger partial charge in [0.25, 0.3) is 0 Å². The Morgan fingerprint density at radius 2 is 2.18 bits per heavy atom. The molecular formula is C13H18O4. The number of ether oxygens (including phenoxy) is 3. The lowest BCUT2D eigenvalue weighted by molar-refractivity contribution is 0.0879. The van der Waals surface area contributed by atoms with Crippen LogP contribution in [0.4, 0.5) is 0 Å². The van der Waals surface area contributed by atoms with Crippen LogP contribution in [0.2, 0.25) is 0 Å². The number of carbonyl (C=O) groups is 1. The van der Waals surface area contributed by atoms with Gasteiger partial charge in [-0.15, -0.1) is 0 Å². The van der Waals surface area contributed by atoms with Crippen LogP contribution in [0.5, 0.6) is 11.5 Å². The fourth-order valence-electron chi connectivity index (χ4n) is 1.49. The Kier molecular flexibility index (Phi) is 5.49. The number of hydrogen-bond acceptors (Lipinski definition) is 4. The average Bonchev–Trinajstić information content (AvgIpc) is 2.32. The Balaban J connectivity index is 2.95. The van der Waals surface area contributed by atoms with Gasteiger partial charge in [-0.1, -0.05) is 6.07 Å². The Labute approximate surface area is 101 Å². The van der Waals surface area contributed by atoms with Crippen molar-refractivity contribution in [2.75, 3.05) is 20.3 Å². The summed E-state index contributed by atoms with van der Waals surface area (Å²) in [5.74, 6) is 1.06. The van der Waals surface area contributed by atoms with Gasteiger partial charge < -0.3 is 14.2 Å². The van der Waals surface area contributed by atoms with Crippen LogP contribution in [-0.2, 0) is 4.74 Å². The second-order valence-corrected chi connectivity index (χ2v) is 3.61. The molecule has 1 aromatic rings. The highest BCUT2D eigenvalue weighted by atomic mass is 16.5. The second-order valence-electron chi connectivity index (χ2n) is 3.61. The largest absolute Gasteiger partial charge is 0.490 e. The molecule has 0 bridgehead atoms. The van der Waals surface area contributed by atoms with Crippen LogP contribution in [0.1, 0.15) is 24.2 Å². The lowest BCUT2D eigenvalue weighted by Crippen LogP contribution is -2.19. The topological polar surface area (TPSA) is 44.8 Å². The molecule has 1 rings (SSSR count). The number of benzene rings is 1. The summed E-state index contributed by atoms with van der Waals surface area (Å²) in [4.78, 5) is 11.0. The van der Waals surface area contributed by atoms with Gasteiger partial charge in [0.1, 0.15) is 6.10 Å². The molecule has 0 aromatic heterocycles. The third-order valence-corrected chi connectivity index (χ3v) is 2.16. The van der Waals surface area contributed by atoms with Crippen molar-refractivity contribution in [3.8, 4) is 11.5 Å². The predicted molar refractivity (Wildman–Crippen MR) is 65.0 cm³/mol. The lowest BCUT2D eigenvalue weighted by Gasteiger charge is -2.18. The number of aldehydes is 1. The molecule has 0 spiro atoms. The van der Waals surface area contributed by atoms with Gasteiger partial charge in [-0.2, -0.15) is 0 Å². The van der Waals surface area contributed by atoms with Gasteiger partial charge in [0.2, 0.25) is 0 Å². The van der Waals surface area contributed by atoms with E-state index in [2.05, 4.69) is 0 Å². The molecule has 17 heavy (non-hydrogen) atoms. The van der Waals surface area contributed by atoms with E-state index in [1.165, 1.54) is 0 Å². The Morgan fingerprint density at radius 1 is 1.41 bits per heavy atom. The fraction of sp³-hybridized carbons (Fsp3) is 0.462. The van der Waals surface area contributed by atoms with E-state index in [9.17, 15) is 4.79 Å². The number of hydrogen-bond donors (Lipinski definition) is 0. The third kappa shape index (κ3) is 3.75. The standard InChI is InChI=1S/C13H18O4/c1-4-16-12-7-5-6-11(8-14)13(12)17-10(2)9-15-3/h5-8,10H,4,9H2,1-3H3. The van der Waals surface area contributed by atoms with E-state index in [1.54, 1.807) is 25.3 Å². The highest BCUT2D eigenvalue weighted by Crippen LogP contribution is 2.31. The summed E-state index contributed by atoms with van der Waals surface area (Å²) in [6.07, 6.45) is 0.623. The Hall–Kier alpha value is -1.55. The minimum Gasteiger partial charge on any atom is -0.490 e. The first-order chi connectivity index (χ1) is 8.22. The van der Waals surface area contributed by atoms with Crippen molar-refractivity contribution in [3.05, 3.63) is 23.8 Å². The van der Waals surface area contributed by atoms with Gasteiger partial charge in [0, 0.05) is 7.11 Å². The van der Waals surface area contributed by atoms with Crippen LogP contribution < -0.4 is 9.47 Å². The molecule has 1 atom stereocenters. The maximum atomic E-state index is 11.0. The van der Waals surface area contributed by atoms with E-state index in [0.717, 1.165) is 6.29 Å². The molecule has 4 heteroatoms. The van der Waals surface area contributed by atoms with Crippen LogP contribution in [0.3, 0.4) is 0 Å². The zero-order valence-corrected chi connectivity index (χ0v) is 10.4. The molecule has 0 saturated heterocycles. The summed E-state index contributed by atoms with van der Waals surface area (Å²) < 4.78 is 16.1. The molecule has 0 amide bonds. The van der Waals surface area contributed by atoms with E-state index < -0.39 is 0 Å². The number of para-hydroxylation sites is 1. The third-order valence-electron chi connectivity index (χ3n) is 2.16. The predicted octanol–water partition coefficient (Wildman–Crippen LogP) is 2.31. The first kappa shape index (κ1) is 13.5. The monoisotopic (exact) mass is 238 g/mol. The summed E-state index contributed by atoms with van der Waals surface area (Å²) >= 11 is 0. The van der Waals surface area contributed by atoms with Gasteiger partial charge in [-0.3, -0.25) is 4.79 Å². The van der Waals surface area contributed by atoms with Crippen LogP contribution in [0, 0.1) is 0 Å². The smallest absolute Gasteiger partial charge is 0.172 e. The molecule has 1 unspecified atom stereocenters. The van der Waals surface area contributed by atoms with Crippen molar-refractivity contribution in [2.45, 2.75) is 20.0 Å². The summed E-state index contributed by atoms with van der Waals surface area (Å²) in [5.41, 5.74) is 0.485. The van der Waals surface area contributed by atoms with Crippen LogP contribution in [0.15, 0.2) is 18.2 Å². The number of methoxy groups -OCH3 is 1. The minimum atomic E-state index is -0.139. The van der Waals surface area contributed by atoms with Gasteiger partial charge >= 0.3 is 0 Å². The molecule has 0 radical (unpaired) electrons. The van der Waals surface area contributed by atoms with Crippen molar-refractivity contribution in [1.29, 1.82) is 0 Å². The average molecular weight is 238 g/mol. The number of rotatable bonds is 7. The van der Waals surface area contributed by atoms with Crippen LogP contribution in [-0.4, -0.2) is 32.7 Å². The first-order valence-electron chi connectivity index (χ1n) is 5.59. The Bertz CT molecular complexity index is 362. The first-order valence-corrected chi connectivity index (χ1v) is 5.59. The summed E-state index contributed by atoms with van der Waals surface area (Å²) in [6.45, 7) is 4.74. The summed E-state index contributed by atoms with van der Waals surface area (Å²) in [5, 5.41) is 0. The minimum absolute atomic E-state index is 0.139. The molecule has 94 valence electrons. The van der Waals surface area contributed by atoms with Crippen molar-refractivity contribution < 1.29 is 19.0 Å². The van der Waals surface area contributed by atoms with Crippen molar-refractivity contribution in [2.24, 2.45) is 0 Å². The highest BCUT2D eigenvalue weighted by Gasteiger charge is 2.13. The molecule has 0 heterocycles. The van der Waals surface area contributed by atoms with Crippen molar-refractivity contribution in [1.82, 2.24) is 0 Å². The van der Waals surface area contributed by atoms with Crippen LogP contribution >= 0.6 is 0 Å². The zero-order chi connectivity index (χ0) is 12.7. The van der Waals surface area contributed by atoms with Gasteiger partial charge in [-0.25, -0.2) is 0 Å². The van der Waals surface area contributed by atoms with Gasteiger partial charge in [0.15, 0.2) is 17.8 Å². The van der Waals surface area contributed by atoms with Crippen molar-refractivity contribution in [3.63, 3.8) is 0 Å². The fourth-order valence-corrected chi connectivity index (χ4v) is 1.49. The Morgan fingerprint density at radius 3 is 2.76 bits per heavy atom. The maximum absolute atomic E-state index is 11.0. The van der Waals surface area contributed by atoms with Gasteiger partial charge in [-0.05, 0) is 26.0 Å². The second kappa shape index (κ2) is 6.91. The highest BCUT2D eigenvalue weighted by molar-refractivity contribution is 5.81. The zero-order valence-electron chi connectivity index (χ0n) is 10.4. The summed E-state index contributed by atoms with van der Waals surface area (Å²) in [7, 11) is 1.61. The van der Waals surface area contributed by atoms with Crippen molar-refractivity contribution >= 4 is 6.29 Å². The number of carbonyl (C=O) groups excluding carboxylic acids is 1.